The predicted octanol–water partition coefficient (Wildman–Crippen LogP) is 4.82. The first kappa shape index (κ1) is 20.2. The Morgan fingerprint density at radius 2 is 1.42 bits per heavy atom. The van der Waals surface area contributed by atoms with E-state index in [1.165, 1.54) is 0 Å². The summed E-state index contributed by atoms with van der Waals surface area (Å²) in [6.07, 6.45) is 0. The van der Waals surface area contributed by atoms with Gasteiger partial charge in [0, 0.05) is 17.9 Å². The van der Waals surface area contributed by atoms with Gasteiger partial charge in [0.15, 0.2) is 0 Å². The fourth-order valence-electron chi connectivity index (χ4n) is 3.36. The van der Waals surface area contributed by atoms with Crippen LogP contribution in [0.15, 0.2) is 97.1 Å². The molecule has 0 saturated carbocycles. The molecule has 4 rings (SSSR count). The molecule has 0 bridgehead atoms. The van der Waals surface area contributed by atoms with Gasteiger partial charge in [-0.3, -0.25) is 9.59 Å². The summed E-state index contributed by atoms with van der Waals surface area (Å²) in [6, 6.07) is 30.7. The van der Waals surface area contributed by atoms with Crippen LogP contribution in [0, 0.1) is 0 Å². The van der Waals surface area contributed by atoms with Crippen LogP contribution < -0.4 is 16.0 Å². The van der Waals surface area contributed by atoms with Gasteiger partial charge in [0.25, 0.3) is 5.91 Å². The molecule has 4 aromatic carbocycles. The van der Waals surface area contributed by atoms with E-state index in [4.69, 9.17) is 0 Å². The largest absolute Gasteiger partial charge is 0.376 e. The van der Waals surface area contributed by atoms with Gasteiger partial charge >= 0.3 is 0 Å². The van der Waals surface area contributed by atoms with Gasteiger partial charge in [-0.15, -0.1) is 0 Å². The summed E-state index contributed by atoms with van der Waals surface area (Å²) in [5.74, 6) is -0.378. The highest BCUT2D eigenvalue weighted by Gasteiger charge is 2.12. The summed E-state index contributed by atoms with van der Waals surface area (Å²) >= 11 is 0. The quantitative estimate of drug-likeness (QED) is 0.410. The summed E-state index contributed by atoms with van der Waals surface area (Å²) in [7, 11) is 0. The lowest BCUT2D eigenvalue weighted by atomic mass is 10.1. The molecule has 0 aromatic heterocycles. The number of carbonyl (C=O) groups is 2. The number of benzene rings is 4. The number of hydrogen-bond acceptors (Lipinski definition) is 3. The zero-order valence-electron chi connectivity index (χ0n) is 17.0. The van der Waals surface area contributed by atoms with Crippen LogP contribution in [0.2, 0.25) is 0 Å². The van der Waals surface area contributed by atoms with E-state index in [2.05, 4.69) is 16.0 Å². The Morgan fingerprint density at radius 1 is 0.710 bits per heavy atom. The van der Waals surface area contributed by atoms with Crippen molar-refractivity contribution in [3.8, 4) is 0 Å². The molecule has 3 N–H and O–H groups in total. The third-order valence-corrected chi connectivity index (χ3v) is 4.94. The van der Waals surface area contributed by atoms with Crippen LogP contribution >= 0.6 is 0 Å². The number of hydrogen-bond donors (Lipinski definition) is 3. The zero-order valence-corrected chi connectivity index (χ0v) is 17.0. The molecule has 2 amide bonds. The number of amides is 2. The van der Waals surface area contributed by atoms with Crippen molar-refractivity contribution in [1.29, 1.82) is 0 Å². The predicted molar refractivity (Wildman–Crippen MR) is 125 cm³/mol. The number of anilines is 2. The molecule has 4 aromatic rings. The molecule has 0 atom stereocenters. The SMILES string of the molecule is O=C(CNc1ccccc1C(=O)NCc1ccccc1)Nc1ccc2ccccc2c1. The Labute approximate surface area is 181 Å². The van der Waals surface area contributed by atoms with Gasteiger partial charge in [-0.2, -0.15) is 0 Å². The third kappa shape index (κ3) is 5.28. The van der Waals surface area contributed by atoms with Crippen molar-refractivity contribution >= 4 is 34.0 Å². The average Bonchev–Trinajstić information content (AvgIpc) is 2.82. The normalized spacial score (nSPS) is 10.5. The molecule has 0 aliphatic heterocycles. The van der Waals surface area contributed by atoms with Gasteiger partial charge in [-0.25, -0.2) is 0 Å². The van der Waals surface area contributed by atoms with Crippen LogP contribution in [0.25, 0.3) is 10.8 Å². The Kier molecular flexibility index (Phi) is 6.24. The minimum atomic E-state index is -0.193. The standard InChI is InChI=1S/C26H23N3O2/c30-25(29-22-15-14-20-10-4-5-11-21(20)16-22)18-27-24-13-7-6-12-23(24)26(31)28-17-19-8-2-1-3-9-19/h1-16,27H,17-18H2,(H,28,31)(H,29,30). The summed E-state index contributed by atoms with van der Waals surface area (Å²) in [5, 5.41) is 11.1. The van der Waals surface area contributed by atoms with E-state index >= 15 is 0 Å². The molecule has 31 heavy (non-hydrogen) atoms. The van der Waals surface area contributed by atoms with Crippen LogP contribution in [0.1, 0.15) is 15.9 Å². The second kappa shape index (κ2) is 9.59. The van der Waals surface area contributed by atoms with E-state index in [9.17, 15) is 9.59 Å². The van der Waals surface area contributed by atoms with Crippen molar-refractivity contribution in [3.63, 3.8) is 0 Å². The number of fused-ring (bicyclic) bond motifs is 1. The highest BCUT2D eigenvalue weighted by Crippen LogP contribution is 2.19. The topological polar surface area (TPSA) is 70.2 Å². The lowest BCUT2D eigenvalue weighted by Crippen LogP contribution is -2.26. The summed E-state index contributed by atoms with van der Waals surface area (Å²) in [6.45, 7) is 0.492. The molecular weight excluding hydrogens is 386 g/mol. The first-order valence-electron chi connectivity index (χ1n) is 10.1. The number of carbonyl (C=O) groups excluding carboxylic acids is 2. The van der Waals surface area contributed by atoms with E-state index in [1.54, 1.807) is 18.2 Å². The van der Waals surface area contributed by atoms with Crippen molar-refractivity contribution < 1.29 is 9.59 Å². The van der Waals surface area contributed by atoms with Gasteiger partial charge in [0.2, 0.25) is 5.91 Å². The van der Waals surface area contributed by atoms with E-state index in [0.717, 1.165) is 22.0 Å². The monoisotopic (exact) mass is 409 g/mol. The van der Waals surface area contributed by atoms with Crippen LogP contribution in [0.4, 0.5) is 11.4 Å². The lowest BCUT2D eigenvalue weighted by molar-refractivity contribution is -0.114. The molecular formula is C26H23N3O2. The molecule has 0 heterocycles. The second-order valence-electron chi connectivity index (χ2n) is 7.18. The first-order valence-corrected chi connectivity index (χ1v) is 10.1. The molecule has 0 unspecified atom stereocenters. The molecule has 5 heteroatoms. The Balaban J connectivity index is 1.36. The van der Waals surface area contributed by atoms with Crippen molar-refractivity contribution in [1.82, 2.24) is 5.32 Å². The maximum Gasteiger partial charge on any atom is 0.253 e. The zero-order chi connectivity index (χ0) is 21.5. The summed E-state index contributed by atoms with van der Waals surface area (Å²) < 4.78 is 0. The molecule has 154 valence electrons. The van der Waals surface area contributed by atoms with Crippen LogP contribution in [-0.2, 0) is 11.3 Å². The molecule has 0 fully saturated rings. The molecule has 0 radical (unpaired) electrons. The van der Waals surface area contributed by atoms with Crippen molar-refractivity contribution in [3.05, 3.63) is 108 Å². The van der Waals surface area contributed by atoms with Gasteiger partial charge in [0.05, 0.1) is 12.1 Å². The maximum atomic E-state index is 12.6. The van der Waals surface area contributed by atoms with E-state index in [-0.39, 0.29) is 18.4 Å². The van der Waals surface area contributed by atoms with Crippen LogP contribution in [0.5, 0.6) is 0 Å². The minimum absolute atomic E-state index is 0.0514. The Bertz CT molecular complexity index is 1210. The summed E-state index contributed by atoms with van der Waals surface area (Å²) in [4.78, 5) is 25.1. The molecule has 0 aliphatic rings. The van der Waals surface area contributed by atoms with E-state index < -0.39 is 0 Å². The molecule has 0 spiro atoms. The third-order valence-electron chi connectivity index (χ3n) is 4.94. The van der Waals surface area contributed by atoms with E-state index in [1.807, 2.05) is 78.9 Å². The highest BCUT2D eigenvalue weighted by atomic mass is 16.2. The molecule has 5 nitrogen and oxygen atoms in total. The first-order chi connectivity index (χ1) is 15.2. The maximum absolute atomic E-state index is 12.6. The fraction of sp³-hybridized carbons (Fsp3) is 0.0769. The molecule has 0 saturated heterocycles. The fourth-order valence-corrected chi connectivity index (χ4v) is 3.36. The van der Waals surface area contributed by atoms with Gasteiger partial charge in [0.1, 0.15) is 0 Å². The second-order valence-corrected chi connectivity index (χ2v) is 7.18. The van der Waals surface area contributed by atoms with Gasteiger partial charge < -0.3 is 16.0 Å². The number of nitrogens with one attached hydrogen (secondary N) is 3. The minimum Gasteiger partial charge on any atom is -0.376 e. The van der Waals surface area contributed by atoms with Crippen molar-refractivity contribution in [2.24, 2.45) is 0 Å². The average molecular weight is 409 g/mol. The Hall–Kier alpha value is -4.12. The van der Waals surface area contributed by atoms with Crippen LogP contribution in [-0.4, -0.2) is 18.4 Å². The van der Waals surface area contributed by atoms with Crippen molar-refractivity contribution in [2.75, 3.05) is 17.2 Å². The number of rotatable bonds is 7. The molecule has 0 aliphatic carbocycles. The number of para-hydroxylation sites is 1. The van der Waals surface area contributed by atoms with Crippen LogP contribution in [0.3, 0.4) is 0 Å². The smallest absolute Gasteiger partial charge is 0.253 e. The summed E-state index contributed by atoms with van der Waals surface area (Å²) in [5.41, 5.74) is 2.87. The highest BCUT2D eigenvalue weighted by molar-refractivity contribution is 6.01. The van der Waals surface area contributed by atoms with E-state index in [0.29, 0.717) is 17.8 Å². The van der Waals surface area contributed by atoms with Gasteiger partial charge in [-0.05, 0) is 40.6 Å². The Morgan fingerprint density at radius 3 is 2.26 bits per heavy atom. The lowest BCUT2D eigenvalue weighted by Gasteiger charge is -2.13. The van der Waals surface area contributed by atoms with Crippen molar-refractivity contribution in [2.45, 2.75) is 6.54 Å². The van der Waals surface area contributed by atoms with Gasteiger partial charge in [-0.1, -0.05) is 72.8 Å².